The van der Waals surface area contributed by atoms with E-state index < -0.39 is 0 Å². The second kappa shape index (κ2) is 6.18. The molecule has 1 unspecified atom stereocenters. The summed E-state index contributed by atoms with van der Waals surface area (Å²) in [5.74, 6) is 0. The van der Waals surface area contributed by atoms with Gasteiger partial charge in [0.05, 0.1) is 0 Å². The smallest absolute Gasteiger partial charge is 0.0208 e. The number of likely N-dealkylation sites (N-methyl/N-ethyl adjacent to an activating group) is 1. The first-order valence-corrected chi connectivity index (χ1v) is 6.79. The zero-order valence-corrected chi connectivity index (χ0v) is 11.1. The third-order valence-electron chi connectivity index (χ3n) is 3.67. The van der Waals surface area contributed by atoms with Crippen molar-refractivity contribution in [1.29, 1.82) is 0 Å². The third kappa shape index (κ3) is 3.83. The van der Waals surface area contributed by atoms with E-state index in [1.165, 1.54) is 43.6 Å². The van der Waals surface area contributed by atoms with Crippen LogP contribution in [0.2, 0.25) is 0 Å². The highest BCUT2D eigenvalue weighted by Crippen LogP contribution is 2.10. The molecule has 0 aromatic heterocycles. The molecule has 0 saturated carbocycles. The fourth-order valence-corrected chi connectivity index (χ4v) is 2.48. The molecule has 0 aliphatic carbocycles. The lowest BCUT2D eigenvalue weighted by molar-refractivity contribution is 0.198. The highest BCUT2D eigenvalue weighted by atomic mass is 15.2. The summed E-state index contributed by atoms with van der Waals surface area (Å²) in [6.07, 6.45) is 2.65. The number of piperidine rings is 1. The quantitative estimate of drug-likeness (QED) is 0.858. The molecule has 0 bridgehead atoms. The van der Waals surface area contributed by atoms with Gasteiger partial charge in [0.1, 0.15) is 0 Å². The maximum absolute atomic E-state index is 3.68. The first kappa shape index (κ1) is 12.6. The fraction of sp³-hybridized carbons (Fsp3) is 0.600. The van der Waals surface area contributed by atoms with Gasteiger partial charge in [-0.2, -0.15) is 0 Å². The Labute approximate surface area is 105 Å². The molecule has 0 spiro atoms. The minimum atomic E-state index is 0.671. The lowest BCUT2D eigenvalue weighted by atomic mass is 10.1. The van der Waals surface area contributed by atoms with Crippen molar-refractivity contribution in [2.75, 3.05) is 19.6 Å². The van der Waals surface area contributed by atoms with Crippen molar-refractivity contribution < 1.29 is 0 Å². The van der Waals surface area contributed by atoms with Crippen molar-refractivity contribution in [2.45, 2.75) is 39.3 Å². The number of likely N-dealkylation sites (tertiary alicyclic amines) is 1. The van der Waals surface area contributed by atoms with Crippen LogP contribution in [-0.2, 0) is 6.54 Å². The van der Waals surface area contributed by atoms with E-state index in [9.17, 15) is 0 Å². The maximum atomic E-state index is 3.68. The van der Waals surface area contributed by atoms with Crippen LogP contribution in [0.4, 0.5) is 0 Å². The molecule has 1 aromatic carbocycles. The van der Waals surface area contributed by atoms with E-state index in [0.29, 0.717) is 6.04 Å². The average molecular weight is 232 g/mol. The molecule has 0 radical (unpaired) electrons. The van der Waals surface area contributed by atoms with E-state index in [1.807, 2.05) is 0 Å². The minimum absolute atomic E-state index is 0.671. The second-order valence-corrected chi connectivity index (χ2v) is 5.10. The van der Waals surface area contributed by atoms with E-state index in [0.717, 1.165) is 6.54 Å². The van der Waals surface area contributed by atoms with Crippen LogP contribution in [0.1, 0.15) is 30.9 Å². The van der Waals surface area contributed by atoms with E-state index >= 15 is 0 Å². The van der Waals surface area contributed by atoms with Crippen LogP contribution in [0.5, 0.6) is 0 Å². The van der Waals surface area contributed by atoms with E-state index in [2.05, 4.69) is 48.3 Å². The Bertz CT molecular complexity index is 331. The Morgan fingerprint density at radius 1 is 1.29 bits per heavy atom. The van der Waals surface area contributed by atoms with Crippen molar-refractivity contribution in [3.8, 4) is 0 Å². The first-order valence-electron chi connectivity index (χ1n) is 6.79. The number of nitrogens with zero attached hydrogens (tertiary/aromatic N) is 1. The Kier molecular flexibility index (Phi) is 4.57. The molecule has 1 aliphatic rings. The van der Waals surface area contributed by atoms with Gasteiger partial charge < -0.3 is 10.2 Å². The normalized spacial score (nSPS) is 21.6. The van der Waals surface area contributed by atoms with E-state index in [-0.39, 0.29) is 0 Å². The predicted octanol–water partition coefficient (Wildman–Crippen LogP) is 2.57. The van der Waals surface area contributed by atoms with Gasteiger partial charge in [-0.3, -0.25) is 0 Å². The lowest BCUT2D eigenvalue weighted by Crippen LogP contribution is -2.45. The van der Waals surface area contributed by atoms with Crippen LogP contribution in [0.15, 0.2) is 24.3 Å². The Balaban J connectivity index is 1.79. The summed E-state index contributed by atoms with van der Waals surface area (Å²) in [5.41, 5.74) is 2.73. The lowest BCUT2D eigenvalue weighted by Gasteiger charge is -2.32. The maximum Gasteiger partial charge on any atom is 0.0208 e. The second-order valence-electron chi connectivity index (χ2n) is 5.10. The topological polar surface area (TPSA) is 15.3 Å². The summed E-state index contributed by atoms with van der Waals surface area (Å²) in [4.78, 5) is 2.54. The van der Waals surface area contributed by atoms with Crippen LogP contribution in [0.3, 0.4) is 0 Å². The van der Waals surface area contributed by atoms with Crippen LogP contribution in [-0.4, -0.2) is 30.6 Å². The van der Waals surface area contributed by atoms with E-state index in [4.69, 9.17) is 0 Å². The molecule has 1 aliphatic heterocycles. The molecule has 2 rings (SSSR count). The molecule has 1 saturated heterocycles. The minimum Gasteiger partial charge on any atom is -0.309 e. The van der Waals surface area contributed by atoms with Crippen LogP contribution < -0.4 is 5.32 Å². The highest BCUT2D eigenvalue weighted by molar-refractivity contribution is 5.21. The monoisotopic (exact) mass is 232 g/mol. The van der Waals surface area contributed by atoms with E-state index in [1.54, 1.807) is 0 Å². The molecule has 1 N–H and O–H groups in total. The molecule has 1 heterocycles. The fourth-order valence-electron chi connectivity index (χ4n) is 2.48. The molecule has 2 heteroatoms. The number of hydrogen-bond acceptors (Lipinski definition) is 2. The first-order chi connectivity index (χ1) is 8.28. The van der Waals surface area contributed by atoms with Crippen LogP contribution in [0.25, 0.3) is 0 Å². The van der Waals surface area contributed by atoms with Crippen molar-refractivity contribution in [1.82, 2.24) is 10.2 Å². The number of aryl methyl sites for hydroxylation is 1. The summed E-state index contributed by atoms with van der Waals surface area (Å²) in [6, 6.07) is 9.50. The standard InChI is InChI=1S/C15H24N2/c1-3-17-10-4-5-15(12-17)16-11-14-8-6-13(2)7-9-14/h6-9,15-16H,3-5,10-12H2,1-2H3. The molecule has 0 amide bonds. The number of rotatable bonds is 4. The Hall–Kier alpha value is -0.860. The molecule has 2 nitrogen and oxygen atoms in total. The zero-order valence-electron chi connectivity index (χ0n) is 11.1. The van der Waals surface area contributed by atoms with Gasteiger partial charge in [-0.25, -0.2) is 0 Å². The summed E-state index contributed by atoms with van der Waals surface area (Å²) in [6.45, 7) is 9.06. The molecular formula is C15H24N2. The molecular weight excluding hydrogens is 208 g/mol. The van der Waals surface area contributed by atoms with Gasteiger partial charge in [0.25, 0.3) is 0 Å². The molecule has 1 fully saturated rings. The zero-order chi connectivity index (χ0) is 12.1. The van der Waals surface area contributed by atoms with Gasteiger partial charge in [0, 0.05) is 19.1 Å². The van der Waals surface area contributed by atoms with Crippen molar-refractivity contribution >= 4 is 0 Å². The Morgan fingerprint density at radius 3 is 2.76 bits per heavy atom. The largest absolute Gasteiger partial charge is 0.309 e. The van der Waals surface area contributed by atoms with Crippen molar-refractivity contribution in [2.24, 2.45) is 0 Å². The van der Waals surface area contributed by atoms with Gasteiger partial charge >= 0.3 is 0 Å². The van der Waals surface area contributed by atoms with Gasteiger partial charge in [0.15, 0.2) is 0 Å². The summed E-state index contributed by atoms with van der Waals surface area (Å²) in [5, 5.41) is 3.68. The Morgan fingerprint density at radius 2 is 2.06 bits per heavy atom. The van der Waals surface area contributed by atoms with Gasteiger partial charge in [0.2, 0.25) is 0 Å². The average Bonchev–Trinajstić information content (AvgIpc) is 2.38. The van der Waals surface area contributed by atoms with Crippen LogP contribution in [0, 0.1) is 6.92 Å². The number of nitrogens with one attached hydrogen (secondary N) is 1. The molecule has 17 heavy (non-hydrogen) atoms. The number of benzene rings is 1. The van der Waals surface area contributed by atoms with Crippen molar-refractivity contribution in [3.63, 3.8) is 0 Å². The molecule has 1 atom stereocenters. The SMILES string of the molecule is CCN1CCCC(NCc2ccc(C)cc2)C1. The molecule has 1 aromatic rings. The van der Waals surface area contributed by atoms with Gasteiger partial charge in [-0.15, -0.1) is 0 Å². The third-order valence-corrected chi connectivity index (χ3v) is 3.67. The summed E-state index contributed by atoms with van der Waals surface area (Å²) >= 11 is 0. The van der Waals surface area contributed by atoms with Gasteiger partial charge in [-0.1, -0.05) is 36.8 Å². The molecule has 94 valence electrons. The predicted molar refractivity (Wildman–Crippen MR) is 73.2 cm³/mol. The van der Waals surface area contributed by atoms with Crippen LogP contribution >= 0.6 is 0 Å². The highest BCUT2D eigenvalue weighted by Gasteiger charge is 2.17. The van der Waals surface area contributed by atoms with Crippen molar-refractivity contribution in [3.05, 3.63) is 35.4 Å². The number of hydrogen-bond donors (Lipinski definition) is 1. The van der Waals surface area contributed by atoms with Gasteiger partial charge in [-0.05, 0) is 38.4 Å². The summed E-state index contributed by atoms with van der Waals surface area (Å²) < 4.78 is 0. The summed E-state index contributed by atoms with van der Waals surface area (Å²) in [7, 11) is 0.